The monoisotopic (exact) mass is 189 g/mol. The van der Waals surface area contributed by atoms with Crippen LogP contribution in [0, 0.1) is 0 Å². The minimum Gasteiger partial charge on any atom is -0.308 e. The SMILES string of the molecule is C=Cc1ccccc1CNC(C)(C)C. The molecule has 0 saturated heterocycles. The fourth-order valence-corrected chi connectivity index (χ4v) is 1.25. The summed E-state index contributed by atoms with van der Waals surface area (Å²) >= 11 is 0. The number of benzene rings is 1. The summed E-state index contributed by atoms with van der Waals surface area (Å²) in [5.74, 6) is 0. The minimum atomic E-state index is 0.161. The zero-order valence-corrected chi connectivity index (χ0v) is 9.30. The van der Waals surface area contributed by atoms with Crippen LogP contribution in [0.5, 0.6) is 0 Å². The Balaban J connectivity index is 2.71. The molecule has 1 heteroatoms. The molecule has 1 aromatic carbocycles. The predicted octanol–water partition coefficient (Wildman–Crippen LogP) is 3.22. The van der Waals surface area contributed by atoms with Crippen LogP contribution in [0.4, 0.5) is 0 Å². The maximum Gasteiger partial charge on any atom is 0.0216 e. The Morgan fingerprint density at radius 1 is 1.29 bits per heavy atom. The first-order valence-corrected chi connectivity index (χ1v) is 4.98. The third kappa shape index (κ3) is 3.35. The van der Waals surface area contributed by atoms with Crippen molar-refractivity contribution in [2.45, 2.75) is 32.9 Å². The zero-order chi connectivity index (χ0) is 10.6. The summed E-state index contributed by atoms with van der Waals surface area (Å²) in [6.07, 6.45) is 1.90. The molecule has 0 atom stereocenters. The highest BCUT2D eigenvalue weighted by Crippen LogP contribution is 2.11. The number of rotatable bonds is 3. The van der Waals surface area contributed by atoms with Crippen molar-refractivity contribution in [3.63, 3.8) is 0 Å². The van der Waals surface area contributed by atoms with Gasteiger partial charge >= 0.3 is 0 Å². The normalized spacial score (nSPS) is 11.4. The summed E-state index contributed by atoms with van der Waals surface area (Å²) in [6.45, 7) is 11.2. The van der Waals surface area contributed by atoms with Gasteiger partial charge in [-0.05, 0) is 31.9 Å². The van der Waals surface area contributed by atoms with E-state index in [9.17, 15) is 0 Å². The van der Waals surface area contributed by atoms with Gasteiger partial charge < -0.3 is 5.32 Å². The Morgan fingerprint density at radius 3 is 2.50 bits per heavy atom. The van der Waals surface area contributed by atoms with Gasteiger partial charge in [-0.3, -0.25) is 0 Å². The first-order chi connectivity index (χ1) is 6.53. The lowest BCUT2D eigenvalue weighted by Gasteiger charge is -2.21. The third-order valence-electron chi connectivity index (χ3n) is 2.08. The average molecular weight is 189 g/mol. The van der Waals surface area contributed by atoms with Crippen LogP contribution in [0.2, 0.25) is 0 Å². The molecule has 76 valence electrons. The number of hydrogen-bond acceptors (Lipinski definition) is 1. The Labute approximate surface area is 86.8 Å². The van der Waals surface area contributed by atoms with Crippen LogP contribution in [0.1, 0.15) is 31.9 Å². The highest BCUT2D eigenvalue weighted by molar-refractivity contribution is 5.51. The van der Waals surface area contributed by atoms with E-state index >= 15 is 0 Å². The van der Waals surface area contributed by atoms with Gasteiger partial charge in [0.1, 0.15) is 0 Å². The molecular formula is C13H19N. The van der Waals surface area contributed by atoms with Crippen LogP contribution in [-0.4, -0.2) is 5.54 Å². The molecule has 0 aliphatic carbocycles. The molecule has 0 unspecified atom stereocenters. The summed E-state index contributed by atoms with van der Waals surface area (Å²) in [5, 5.41) is 3.47. The number of nitrogens with one attached hydrogen (secondary N) is 1. The van der Waals surface area contributed by atoms with Gasteiger partial charge in [0.15, 0.2) is 0 Å². The molecule has 0 amide bonds. The third-order valence-corrected chi connectivity index (χ3v) is 2.08. The molecule has 1 rings (SSSR count). The molecule has 0 heterocycles. The van der Waals surface area contributed by atoms with Crippen LogP contribution in [0.25, 0.3) is 6.08 Å². The van der Waals surface area contributed by atoms with E-state index in [2.05, 4.69) is 50.9 Å². The number of hydrogen-bond donors (Lipinski definition) is 1. The lowest BCUT2D eigenvalue weighted by atomic mass is 10.0. The van der Waals surface area contributed by atoms with Gasteiger partial charge in [-0.2, -0.15) is 0 Å². The maximum atomic E-state index is 3.81. The van der Waals surface area contributed by atoms with Crippen LogP contribution in [0.15, 0.2) is 30.8 Å². The van der Waals surface area contributed by atoms with Gasteiger partial charge in [0, 0.05) is 12.1 Å². The average Bonchev–Trinajstić information content (AvgIpc) is 2.14. The topological polar surface area (TPSA) is 12.0 Å². The van der Waals surface area contributed by atoms with Crippen molar-refractivity contribution in [1.29, 1.82) is 0 Å². The van der Waals surface area contributed by atoms with Crippen molar-refractivity contribution in [2.24, 2.45) is 0 Å². The van der Waals surface area contributed by atoms with Crippen molar-refractivity contribution in [3.8, 4) is 0 Å². The maximum absolute atomic E-state index is 3.81. The molecule has 0 fully saturated rings. The fraction of sp³-hybridized carbons (Fsp3) is 0.385. The molecule has 14 heavy (non-hydrogen) atoms. The van der Waals surface area contributed by atoms with E-state index in [-0.39, 0.29) is 5.54 Å². The second-order valence-corrected chi connectivity index (χ2v) is 4.51. The molecule has 1 nitrogen and oxygen atoms in total. The molecule has 0 spiro atoms. The van der Waals surface area contributed by atoms with Gasteiger partial charge in [0.25, 0.3) is 0 Å². The lowest BCUT2D eigenvalue weighted by Crippen LogP contribution is -2.35. The fourth-order valence-electron chi connectivity index (χ4n) is 1.25. The molecule has 0 radical (unpaired) electrons. The van der Waals surface area contributed by atoms with Crippen LogP contribution in [0.3, 0.4) is 0 Å². The van der Waals surface area contributed by atoms with E-state index in [0.717, 1.165) is 6.54 Å². The molecule has 0 aliphatic rings. The summed E-state index contributed by atoms with van der Waals surface area (Å²) < 4.78 is 0. The van der Waals surface area contributed by atoms with E-state index in [1.54, 1.807) is 0 Å². The van der Waals surface area contributed by atoms with Gasteiger partial charge in [-0.1, -0.05) is 36.9 Å². The molecule has 0 bridgehead atoms. The van der Waals surface area contributed by atoms with E-state index in [1.807, 2.05) is 12.1 Å². The summed E-state index contributed by atoms with van der Waals surface area (Å²) in [7, 11) is 0. The molecule has 0 saturated carbocycles. The van der Waals surface area contributed by atoms with Gasteiger partial charge in [-0.25, -0.2) is 0 Å². The van der Waals surface area contributed by atoms with E-state index in [1.165, 1.54) is 11.1 Å². The quantitative estimate of drug-likeness (QED) is 0.770. The van der Waals surface area contributed by atoms with Gasteiger partial charge in [0.05, 0.1) is 0 Å². The molecular weight excluding hydrogens is 170 g/mol. The highest BCUT2D eigenvalue weighted by Gasteiger charge is 2.08. The molecule has 1 aromatic rings. The predicted molar refractivity (Wildman–Crippen MR) is 63.1 cm³/mol. The van der Waals surface area contributed by atoms with Crippen LogP contribution >= 0.6 is 0 Å². The largest absolute Gasteiger partial charge is 0.308 e. The van der Waals surface area contributed by atoms with Gasteiger partial charge in [-0.15, -0.1) is 0 Å². The first kappa shape index (κ1) is 11.0. The smallest absolute Gasteiger partial charge is 0.0216 e. The summed E-state index contributed by atoms with van der Waals surface area (Å²) in [6, 6.07) is 8.33. The summed E-state index contributed by atoms with van der Waals surface area (Å²) in [5.41, 5.74) is 2.68. The summed E-state index contributed by atoms with van der Waals surface area (Å²) in [4.78, 5) is 0. The highest BCUT2D eigenvalue weighted by atomic mass is 14.9. The standard InChI is InChI=1S/C13H19N/c1-5-11-8-6-7-9-12(11)10-14-13(2,3)4/h5-9,14H,1,10H2,2-4H3. The van der Waals surface area contributed by atoms with Crippen molar-refractivity contribution in [3.05, 3.63) is 42.0 Å². The van der Waals surface area contributed by atoms with Crippen LogP contribution in [-0.2, 0) is 6.54 Å². The Bertz CT molecular complexity index is 307. The lowest BCUT2D eigenvalue weighted by molar-refractivity contribution is 0.424. The zero-order valence-electron chi connectivity index (χ0n) is 9.30. The van der Waals surface area contributed by atoms with Crippen molar-refractivity contribution >= 4 is 6.08 Å². The van der Waals surface area contributed by atoms with E-state index < -0.39 is 0 Å². The second kappa shape index (κ2) is 4.43. The Morgan fingerprint density at radius 2 is 1.93 bits per heavy atom. The van der Waals surface area contributed by atoms with Gasteiger partial charge in [0.2, 0.25) is 0 Å². The second-order valence-electron chi connectivity index (χ2n) is 4.51. The van der Waals surface area contributed by atoms with Crippen molar-refractivity contribution in [2.75, 3.05) is 0 Å². The Hall–Kier alpha value is -1.08. The first-order valence-electron chi connectivity index (χ1n) is 4.98. The molecule has 0 aliphatic heterocycles. The van der Waals surface area contributed by atoms with E-state index in [4.69, 9.17) is 0 Å². The minimum absolute atomic E-state index is 0.161. The van der Waals surface area contributed by atoms with Crippen molar-refractivity contribution < 1.29 is 0 Å². The van der Waals surface area contributed by atoms with Crippen molar-refractivity contribution in [1.82, 2.24) is 5.32 Å². The Kier molecular flexibility index (Phi) is 3.48. The van der Waals surface area contributed by atoms with Crippen LogP contribution < -0.4 is 5.32 Å². The molecule has 1 N–H and O–H groups in total. The molecule has 0 aromatic heterocycles. The van der Waals surface area contributed by atoms with E-state index in [0.29, 0.717) is 0 Å².